The van der Waals surface area contributed by atoms with Crippen molar-refractivity contribution in [3.63, 3.8) is 0 Å². The molecule has 0 aliphatic carbocycles. The van der Waals surface area contributed by atoms with Crippen LogP contribution >= 0.6 is 0 Å². The molecule has 1 fully saturated rings. The van der Waals surface area contributed by atoms with E-state index in [1.165, 1.54) is 0 Å². The van der Waals surface area contributed by atoms with Gasteiger partial charge in [-0.3, -0.25) is 4.79 Å². The topological polar surface area (TPSA) is 55.4 Å². The van der Waals surface area contributed by atoms with Gasteiger partial charge in [0.15, 0.2) is 0 Å². The highest BCUT2D eigenvalue weighted by Gasteiger charge is 2.38. The van der Waals surface area contributed by atoms with Gasteiger partial charge >= 0.3 is 5.97 Å². The van der Waals surface area contributed by atoms with Crippen LogP contribution in [-0.4, -0.2) is 24.0 Å². The van der Waals surface area contributed by atoms with E-state index in [0.29, 0.717) is 19.4 Å². The van der Waals surface area contributed by atoms with Gasteiger partial charge in [0, 0.05) is 6.42 Å². The smallest absolute Gasteiger partial charge is 0.331 e. The summed E-state index contributed by atoms with van der Waals surface area (Å²) in [5.74, 6) is -0.398. The Balaban J connectivity index is 2.63. The third-order valence-electron chi connectivity index (χ3n) is 2.22. The van der Waals surface area contributed by atoms with E-state index < -0.39 is 5.54 Å². The molecule has 0 unspecified atom stereocenters. The fraction of sp³-hybridized carbons (Fsp3) is 0.778. The van der Waals surface area contributed by atoms with Crippen LogP contribution < -0.4 is 5.32 Å². The van der Waals surface area contributed by atoms with Crippen LogP contribution in [0.4, 0.5) is 0 Å². The van der Waals surface area contributed by atoms with Gasteiger partial charge in [0.1, 0.15) is 5.54 Å². The van der Waals surface area contributed by atoms with E-state index in [1.807, 2.05) is 0 Å². The number of hydrogen-bond acceptors (Lipinski definition) is 3. The van der Waals surface area contributed by atoms with Crippen molar-refractivity contribution in [2.45, 2.75) is 38.6 Å². The SMILES string of the molecule is CCOC(=O)[C@@]1(C)CCCC(=O)N1. The van der Waals surface area contributed by atoms with Crippen molar-refractivity contribution in [2.24, 2.45) is 0 Å². The van der Waals surface area contributed by atoms with Crippen molar-refractivity contribution in [3.8, 4) is 0 Å². The van der Waals surface area contributed by atoms with Crippen molar-refractivity contribution in [3.05, 3.63) is 0 Å². The number of hydrogen-bond donors (Lipinski definition) is 1. The summed E-state index contributed by atoms with van der Waals surface area (Å²) in [5, 5.41) is 2.66. The molecule has 0 spiro atoms. The van der Waals surface area contributed by atoms with Gasteiger partial charge in [0.2, 0.25) is 5.91 Å². The summed E-state index contributed by atoms with van der Waals surface area (Å²) < 4.78 is 4.88. The molecule has 0 aromatic carbocycles. The third kappa shape index (κ3) is 2.20. The molecule has 0 radical (unpaired) electrons. The van der Waals surface area contributed by atoms with Crippen LogP contribution in [0.1, 0.15) is 33.1 Å². The van der Waals surface area contributed by atoms with Crippen LogP contribution in [0.2, 0.25) is 0 Å². The molecular weight excluding hydrogens is 170 g/mol. The molecular formula is C9H15NO3. The summed E-state index contributed by atoms with van der Waals surface area (Å²) in [4.78, 5) is 22.5. The maximum absolute atomic E-state index is 11.4. The predicted octanol–water partition coefficient (Wildman–Crippen LogP) is 0.608. The second-order valence-corrected chi connectivity index (χ2v) is 3.45. The van der Waals surface area contributed by atoms with E-state index in [-0.39, 0.29) is 11.9 Å². The maximum Gasteiger partial charge on any atom is 0.331 e. The number of rotatable bonds is 2. The Bertz CT molecular complexity index is 227. The Morgan fingerprint density at radius 2 is 2.38 bits per heavy atom. The van der Waals surface area contributed by atoms with Crippen molar-refractivity contribution in [1.29, 1.82) is 0 Å². The summed E-state index contributed by atoms with van der Waals surface area (Å²) in [6.07, 6.45) is 1.92. The van der Waals surface area contributed by atoms with Gasteiger partial charge in [-0.05, 0) is 26.7 Å². The Hall–Kier alpha value is -1.06. The number of ether oxygens (including phenoxy) is 1. The van der Waals surface area contributed by atoms with Crippen molar-refractivity contribution < 1.29 is 14.3 Å². The van der Waals surface area contributed by atoms with Gasteiger partial charge in [-0.2, -0.15) is 0 Å². The van der Waals surface area contributed by atoms with E-state index in [1.54, 1.807) is 13.8 Å². The highest BCUT2D eigenvalue weighted by Crippen LogP contribution is 2.20. The van der Waals surface area contributed by atoms with E-state index in [0.717, 1.165) is 6.42 Å². The first kappa shape index (κ1) is 10.0. The molecule has 0 aromatic heterocycles. The van der Waals surface area contributed by atoms with Gasteiger partial charge in [0.25, 0.3) is 0 Å². The van der Waals surface area contributed by atoms with Gasteiger partial charge in [-0.25, -0.2) is 4.79 Å². The lowest BCUT2D eigenvalue weighted by molar-refractivity contribution is -0.154. The standard InChI is InChI=1S/C9H15NO3/c1-3-13-8(12)9(2)6-4-5-7(11)10-9/h3-6H2,1-2H3,(H,10,11)/t9-/m1/s1. The first-order valence-electron chi connectivity index (χ1n) is 4.57. The molecule has 0 bridgehead atoms. The minimum absolute atomic E-state index is 0.0678. The fourth-order valence-electron chi connectivity index (χ4n) is 1.48. The van der Waals surface area contributed by atoms with Crippen LogP contribution in [0.5, 0.6) is 0 Å². The predicted molar refractivity (Wildman–Crippen MR) is 47.0 cm³/mol. The van der Waals surface area contributed by atoms with Crippen LogP contribution in [0.3, 0.4) is 0 Å². The molecule has 1 amide bonds. The summed E-state index contributed by atoms with van der Waals surface area (Å²) in [6.45, 7) is 3.82. The van der Waals surface area contributed by atoms with Crippen molar-refractivity contribution in [2.75, 3.05) is 6.61 Å². The summed E-state index contributed by atoms with van der Waals surface area (Å²) >= 11 is 0. The zero-order valence-corrected chi connectivity index (χ0v) is 8.05. The zero-order valence-electron chi connectivity index (χ0n) is 8.05. The number of esters is 1. The quantitative estimate of drug-likeness (QED) is 0.641. The number of amides is 1. The average molecular weight is 185 g/mol. The molecule has 13 heavy (non-hydrogen) atoms. The molecule has 74 valence electrons. The van der Waals surface area contributed by atoms with Crippen LogP contribution in [0.25, 0.3) is 0 Å². The molecule has 0 saturated carbocycles. The average Bonchev–Trinajstić information content (AvgIpc) is 2.04. The van der Waals surface area contributed by atoms with E-state index in [9.17, 15) is 9.59 Å². The number of carbonyl (C=O) groups is 2. The highest BCUT2D eigenvalue weighted by atomic mass is 16.5. The lowest BCUT2D eigenvalue weighted by atomic mass is 9.91. The van der Waals surface area contributed by atoms with E-state index in [4.69, 9.17) is 4.74 Å². The highest BCUT2D eigenvalue weighted by molar-refractivity contribution is 5.88. The van der Waals surface area contributed by atoms with Crippen molar-refractivity contribution >= 4 is 11.9 Å². The summed E-state index contributed by atoms with van der Waals surface area (Å²) in [6, 6.07) is 0. The number of nitrogens with one attached hydrogen (secondary N) is 1. The second kappa shape index (κ2) is 3.77. The lowest BCUT2D eigenvalue weighted by Crippen LogP contribution is -2.55. The summed E-state index contributed by atoms with van der Waals surface area (Å²) in [7, 11) is 0. The first-order chi connectivity index (χ1) is 6.08. The Morgan fingerprint density at radius 1 is 1.69 bits per heavy atom. The van der Waals surface area contributed by atoms with Gasteiger partial charge in [0.05, 0.1) is 6.61 Å². The Kier molecular flexibility index (Phi) is 2.90. The molecule has 1 aliphatic heterocycles. The second-order valence-electron chi connectivity index (χ2n) is 3.45. The van der Waals surface area contributed by atoms with Gasteiger partial charge in [-0.1, -0.05) is 0 Å². The van der Waals surface area contributed by atoms with E-state index >= 15 is 0 Å². The van der Waals surface area contributed by atoms with E-state index in [2.05, 4.69) is 5.32 Å². The maximum atomic E-state index is 11.4. The normalized spacial score (nSPS) is 28.0. The van der Waals surface area contributed by atoms with Gasteiger partial charge in [-0.15, -0.1) is 0 Å². The molecule has 4 nitrogen and oxygen atoms in total. The number of piperidine rings is 1. The third-order valence-corrected chi connectivity index (χ3v) is 2.22. The molecule has 4 heteroatoms. The molecule has 1 heterocycles. The van der Waals surface area contributed by atoms with Crippen LogP contribution in [-0.2, 0) is 14.3 Å². The van der Waals surface area contributed by atoms with Crippen LogP contribution in [0.15, 0.2) is 0 Å². The van der Waals surface area contributed by atoms with Crippen molar-refractivity contribution in [1.82, 2.24) is 5.32 Å². The zero-order chi connectivity index (χ0) is 9.90. The molecule has 1 saturated heterocycles. The molecule has 1 rings (SSSR count). The molecule has 1 aliphatic rings. The number of carbonyl (C=O) groups excluding carboxylic acids is 2. The molecule has 1 N–H and O–H groups in total. The lowest BCUT2D eigenvalue weighted by Gasteiger charge is -2.31. The minimum Gasteiger partial charge on any atom is -0.464 e. The molecule has 1 atom stereocenters. The summed E-state index contributed by atoms with van der Waals surface area (Å²) in [5.41, 5.74) is -0.800. The van der Waals surface area contributed by atoms with Gasteiger partial charge < -0.3 is 10.1 Å². The monoisotopic (exact) mass is 185 g/mol. The molecule has 0 aromatic rings. The van der Waals surface area contributed by atoms with Crippen LogP contribution in [0, 0.1) is 0 Å². The Labute approximate surface area is 77.6 Å². The fourth-order valence-corrected chi connectivity index (χ4v) is 1.48. The minimum atomic E-state index is -0.800. The largest absolute Gasteiger partial charge is 0.464 e. The Morgan fingerprint density at radius 3 is 2.92 bits per heavy atom. The first-order valence-corrected chi connectivity index (χ1v) is 4.57.